The van der Waals surface area contributed by atoms with Crippen LogP contribution in [0.5, 0.6) is 0 Å². The SMILES string of the molecule is N/C(=N/O)C(COCc1cccc(Cl)c1)C(F)(F)F. The van der Waals surface area contributed by atoms with Crippen LogP contribution in [-0.2, 0) is 11.3 Å². The van der Waals surface area contributed by atoms with Crippen LogP contribution in [0.1, 0.15) is 5.56 Å². The normalized spacial score (nSPS) is 14.4. The van der Waals surface area contributed by atoms with E-state index in [1.54, 1.807) is 24.3 Å². The van der Waals surface area contributed by atoms with E-state index in [-0.39, 0.29) is 6.61 Å². The Morgan fingerprint density at radius 3 is 2.68 bits per heavy atom. The fourth-order valence-electron chi connectivity index (χ4n) is 1.34. The summed E-state index contributed by atoms with van der Waals surface area (Å²) in [5.74, 6) is -3.07. The minimum Gasteiger partial charge on any atom is -0.409 e. The number of alkyl halides is 3. The van der Waals surface area contributed by atoms with Crippen molar-refractivity contribution >= 4 is 17.4 Å². The molecule has 1 atom stereocenters. The van der Waals surface area contributed by atoms with Crippen LogP contribution in [-0.4, -0.2) is 23.8 Å². The molecule has 0 aliphatic heterocycles. The first-order valence-corrected chi connectivity index (χ1v) is 5.58. The maximum atomic E-state index is 12.6. The van der Waals surface area contributed by atoms with E-state index < -0.39 is 24.5 Å². The smallest absolute Gasteiger partial charge is 0.401 e. The Kier molecular flexibility index (Phi) is 5.44. The van der Waals surface area contributed by atoms with Crippen molar-refractivity contribution in [2.24, 2.45) is 16.8 Å². The molecule has 0 aromatic heterocycles. The van der Waals surface area contributed by atoms with Crippen molar-refractivity contribution in [3.05, 3.63) is 34.9 Å². The molecular formula is C11H12ClF3N2O2. The van der Waals surface area contributed by atoms with Crippen LogP contribution in [0.4, 0.5) is 13.2 Å². The summed E-state index contributed by atoms with van der Waals surface area (Å²) in [5, 5.41) is 11.1. The summed E-state index contributed by atoms with van der Waals surface area (Å²) in [6.45, 7) is -0.780. The number of nitrogens with zero attached hydrogens (tertiary/aromatic N) is 1. The number of halogens is 4. The van der Waals surface area contributed by atoms with Gasteiger partial charge in [0.1, 0.15) is 5.92 Å². The summed E-state index contributed by atoms with van der Waals surface area (Å²) in [4.78, 5) is 0. The van der Waals surface area contributed by atoms with E-state index in [1.165, 1.54) is 0 Å². The van der Waals surface area contributed by atoms with E-state index in [9.17, 15) is 13.2 Å². The topological polar surface area (TPSA) is 67.8 Å². The molecule has 4 nitrogen and oxygen atoms in total. The van der Waals surface area contributed by atoms with Crippen LogP contribution < -0.4 is 5.73 Å². The Hall–Kier alpha value is -1.47. The number of ether oxygens (including phenoxy) is 1. The highest BCUT2D eigenvalue weighted by Gasteiger charge is 2.43. The number of amidine groups is 1. The van der Waals surface area contributed by atoms with Gasteiger partial charge in [-0.25, -0.2) is 0 Å². The minimum atomic E-state index is -4.63. The Labute approximate surface area is 112 Å². The molecule has 1 rings (SSSR count). The zero-order valence-corrected chi connectivity index (χ0v) is 10.4. The Morgan fingerprint density at radius 1 is 1.47 bits per heavy atom. The molecule has 0 aliphatic carbocycles. The first-order valence-electron chi connectivity index (χ1n) is 5.21. The number of nitrogens with two attached hydrogens (primary N) is 1. The predicted octanol–water partition coefficient (Wildman–Crippen LogP) is 2.78. The van der Waals surface area contributed by atoms with E-state index in [0.29, 0.717) is 10.6 Å². The first kappa shape index (κ1) is 15.6. The molecule has 0 fully saturated rings. The summed E-state index contributed by atoms with van der Waals surface area (Å²) < 4.78 is 42.7. The number of hydrogen-bond acceptors (Lipinski definition) is 3. The predicted molar refractivity (Wildman–Crippen MR) is 64.1 cm³/mol. The lowest BCUT2D eigenvalue weighted by molar-refractivity contribution is -0.169. The average Bonchev–Trinajstić information content (AvgIpc) is 2.32. The van der Waals surface area contributed by atoms with Crippen LogP contribution in [0.25, 0.3) is 0 Å². The third kappa shape index (κ3) is 4.96. The third-order valence-electron chi connectivity index (χ3n) is 2.31. The highest BCUT2D eigenvalue weighted by molar-refractivity contribution is 6.30. The summed E-state index contributed by atoms with van der Waals surface area (Å²) in [7, 11) is 0. The molecule has 0 heterocycles. The van der Waals surface area contributed by atoms with E-state index in [0.717, 1.165) is 0 Å². The summed E-state index contributed by atoms with van der Waals surface area (Å²) in [6.07, 6.45) is -4.63. The Morgan fingerprint density at radius 2 is 2.16 bits per heavy atom. The second-order valence-electron chi connectivity index (χ2n) is 3.76. The summed E-state index contributed by atoms with van der Waals surface area (Å²) in [5.41, 5.74) is 5.62. The lowest BCUT2D eigenvalue weighted by Gasteiger charge is -2.18. The molecule has 0 aliphatic rings. The minimum absolute atomic E-state index is 0.0498. The molecule has 106 valence electrons. The van der Waals surface area contributed by atoms with Crippen molar-refractivity contribution in [3.63, 3.8) is 0 Å². The van der Waals surface area contributed by atoms with Gasteiger partial charge in [-0.1, -0.05) is 28.9 Å². The molecule has 0 saturated heterocycles. The van der Waals surface area contributed by atoms with Gasteiger partial charge in [0.2, 0.25) is 0 Å². The van der Waals surface area contributed by atoms with Gasteiger partial charge in [-0.05, 0) is 17.7 Å². The molecule has 8 heteroatoms. The number of oxime groups is 1. The fraction of sp³-hybridized carbons (Fsp3) is 0.364. The standard InChI is InChI=1S/C11H12ClF3N2O2/c12-8-3-1-2-7(4-8)5-19-6-9(10(16)17-18)11(13,14)15/h1-4,9,18H,5-6H2,(H2,16,17). The molecule has 0 bridgehead atoms. The van der Waals surface area contributed by atoms with Gasteiger partial charge in [0.05, 0.1) is 13.2 Å². The second kappa shape index (κ2) is 6.63. The van der Waals surface area contributed by atoms with Gasteiger partial charge < -0.3 is 15.7 Å². The van der Waals surface area contributed by atoms with Gasteiger partial charge >= 0.3 is 6.18 Å². The van der Waals surface area contributed by atoms with Crippen molar-refractivity contribution in [3.8, 4) is 0 Å². The molecule has 1 aromatic carbocycles. The quantitative estimate of drug-likeness (QED) is 0.380. The maximum absolute atomic E-state index is 12.6. The fourth-order valence-corrected chi connectivity index (χ4v) is 1.55. The number of benzene rings is 1. The molecule has 0 saturated carbocycles. The van der Waals surface area contributed by atoms with Crippen LogP contribution in [0.3, 0.4) is 0 Å². The van der Waals surface area contributed by atoms with Crippen LogP contribution in [0.15, 0.2) is 29.4 Å². The number of rotatable bonds is 5. The van der Waals surface area contributed by atoms with Gasteiger partial charge in [0, 0.05) is 5.02 Å². The van der Waals surface area contributed by atoms with Crippen LogP contribution in [0, 0.1) is 5.92 Å². The highest BCUT2D eigenvalue weighted by Crippen LogP contribution is 2.27. The molecule has 0 amide bonds. The molecule has 0 spiro atoms. The first-order chi connectivity index (χ1) is 8.84. The van der Waals surface area contributed by atoms with Crippen molar-refractivity contribution in [1.82, 2.24) is 0 Å². The molecule has 1 aromatic rings. The van der Waals surface area contributed by atoms with Crippen molar-refractivity contribution in [2.75, 3.05) is 6.61 Å². The highest BCUT2D eigenvalue weighted by atomic mass is 35.5. The maximum Gasteiger partial charge on any atom is 0.401 e. The van der Waals surface area contributed by atoms with Crippen molar-refractivity contribution in [1.29, 1.82) is 0 Å². The van der Waals surface area contributed by atoms with Gasteiger partial charge in [-0.3, -0.25) is 0 Å². The zero-order valence-electron chi connectivity index (χ0n) is 9.69. The van der Waals surface area contributed by atoms with Gasteiger partial charge in [-0.15, -0.1) is 0 Å². The van der Waals surface area contributed by atoms with Crippen molar-refractivity contribution in [2.45, 2.75) is 12.8 Å². The second-order valence-corrected chi connectivity index (χ2v) is 4.20. The van der Waals surface area contributed by atoms with Gasteiger partial charge in [0.15, 0.2) is 5.84 Å². The van der Waals surface area contributed by atoms with Crippen molar-refractivity contribution < 1.29 is 23.1 Å². The molecule has 1 unspecified atom stereocenters. The Bertz CT molecular complexity index is 452. The summed E-state index contributed by atoms with van der Waals surface area (Å²) >= 11 is 5.72. The monoisotopic (exact) mass is 296 g/mol. The molecular weight excluding hydrogens is 285 g/mol. The third-order valence-corrected chi connectivity index (χ3v) is 2.54. The number of hydrogen-bond donors (Lipinski definition) is 2. The molecule has 3 N–H and O–H groups in total. The van der Waals surface area contributed by atoms with E-state index in [4.69, 9.17) is 27.3 Å². The van der Waals surface area contributed by atoms with Gasteiger partial charge in [0.25, 0.3) is 0 Å². The van der Waals surface area contributed by atoms with E-state index in [1.807, 2.05) is 0 Å². The zero-order chi connectivity index (χ0) is 14.5. The largest absolute Gasteiger partial charge is 0.409 e. The Balaban J connectivity index is 2.58. The van der Waals surface area contributed by atoms with E-state index in [2.05, 4.69) is 5.16 Å². The summed E-state index contributed by atoms with van der Waals surface area (Å²) in [6, 6.07) is 6.54. The van der Waals surface area contributed by atoms with Crippen LogP contribution >= 0.6 is 11.6 Å². The molecule has 0 radical (unpaired) electrons. The average molecular weight is 297 g/mol. The lowest BCUT2D eigenvalue weighted by atomic mass is 10.1. The lowest BCUT2D eigenvalue weighted by Crippen LogP contribution is -2.39. The van der Waals surface area contributed by atoms with Crippen LogP contribution in [0.2, 0.25) is 5.02 Å². The van der Waals surface area contributed by atoms with E-state index >= 15 is 0 Å². The molecule has 19 heavy (non-hydrogen) atoms. The van der Waals surface area contributed by atoms with Gasteiger partial charge in [-0.2, -0.15) is 13.2 Å².